The summed E-state index contributed by atoms with van der Waals surface area (Å²) in [5, 5.41) is 8.57. The Hall–Kier alpha value is -3.04. The van der Waals surface area contributed by atoms with E-state index in [2.05, 4.69) is 41.3 Å². The molecule has 0 saturated carbocycles. The highest BCUT2D eigenvalue weighted by atomic mass is 32.1. The van der Waals surface area contributed by atoms with E-state index in [0.29, 0.717) is 23.2 Å². The van der Waals surface area contributed by atoms with Gasteiger partial charge in [-0.2, -0.15) is 9.78 Å². The largest absolute Gasteiger partial charge is 0.459 e. The molecule has 2 atom stereocenters. The van der Waals surface area contributed by atoms with Crippen LogP contribution in [0.15, 0.2) is 64.2 Å². The lowest BCUT2D eigenvalue weighted by atomic mass is 10.1. The first-order chi connectivity index (χ1) is 13.1. The van der Waals surface area contributed by atoms with Crippen molar-refractivity contribution in [3.05, 3.63) is 65.7 Å². The number of nitrogens with zero attached hydrogens (tertiary/aromatic N) is 5. The standard InChI is InChI=1S/C18H18N6O2S/c1-13(14-5-7-15(8-6-14)23-11-19-10-20-23)22(2)12-24-18(27)26-17(21-24)16-4-3-9-25-16/h3-11,13H,12H2,1-2H3/p+1/t13-/m1/s1. The van der Waals surface area contributed by atoms with Crippen LogP contribution in [-0.4, -0.2) is 31.6 Å². The van der Waals surface area contributed by atoms with Crippen molar-refractivity contribution in [1.29, 1.82) is 0 Å². The van der Waals surface area contributed by atoms with Gasteiger partial charge in [-0.3, -0.25) is 0 Å². The fourth-order valence-corrected chi connectivity index (χ4v) is 3.01. The van der Waals surface area contributed by atoms with E-state index < -0.39 is 0 Å². The molecule has 0 aliphatic rings. The maximum atomic E-state index is 5.55. The zero-order valence-electron chi connectivity index (χ0n) is 14.9. The highest BCUT2D eigenvalue weighted by Crippen LogP contribution is 2.18. The smallest absolute Gasteiger partial charge is 0.292 e. The number of nitrogens with one attached hydrogen (secondary N) is 1. The van der Waals surface area contributed by atoms with Crippen molar-refractivity contribution in [3.63, 3.8) is 0 Å². The first-order valence-corrected chi connectivity index (χ1v) is 8.92. The van der Waals surface area contributed by atoms with Gasteiger partial charge in [0, 0.05) is 5.56 Å². The molecule has 9 heteroatoms. The maximum Gasteiger partial charge on any atom is 0.292 e. The highest BCUT2D eigenvalue weighted by Gasteiger charge is 2.19. The van der Waals surface area contributed by atoms with E-state index in [4.69, 9.17) is 21.1 Å². The van der Waals surface area contributed by atoms with Gasteiger partial charge in [0.2, 0.25) is 0 Å². The molecule has 1 unspecified atom stereocenters. The zero-order chi connectivity index (χ0) is 18.8. The van der Waals surface area contributed by atoms with Gasteiger partial charge >= 0.3 is 0 Å². The number of benzene rings is 1. The Morgan fingerprint density at radius 2 is 2.04 bits per heavy atom. The second kappa shape index (κ2) is 7.29. The van der Waals surface area contributed by atoms with E-state index in [0.717, 1.165) is 5.69 Å². The second-order valence-corrected chi connectivity index (χ2v) is 6.66. The molecule has 0 aliphatic heterocycles. The molecule has 0 aliphatic carbocycles. The van der Waals surface area contributed by atoms with Crippen LogP contribution in [0.4, 0.5) is 0 Å². The summed E-state index contributed by atoms with van der Waals surface area (Å²) >= 11 is 5.29. The van der Waals surface area contributed by atoms with Crippen molar-refractivity contribution in [2.45, 2.75) is 19.6 Å². The van der Waals surface area contributed by atoms with Crippen LogP contribution in [0.5, 0.6) is 0 Å². The van der Waals surface area contributed by atoms with E-state index in [1.165, 1.54) is 16.8 Å². The topological polar surface area (TPSA) is 79.2 Å². The second-order valence-electron chi connectivity index (χ2n) is 6.31. The van der Waals surface area contributed by atoms with E-state index in [1.807, 2.05) is 12.1 Å². The van der Waals surface area contributed by atoms with Gasteiger partial charge in [-0.05, 0) is 43.4 Å². The molecule has 0 amide bonds. The Balaban J connectivity index is 1.48. The molecule has 0 saturated heterocycles. The summed E-state index contributed by atoms with van der Waals surface area (Å²) in [4.78, 5) is 5.52. The molecular weight excluding hydrogens is 364 g/mol. The van der Waals surface area contributed by atoms with Crippen LogP contribution < -0.4 is 4.90 Å². The van der Waals surface area contributed by atoms with Gasteiger partial charge in [0.05, 0.1) is 19.0 Å². The molecular formula is C18H19N6O2S+. The third-order valence-corrected chi connectivity index (χ3v) is 4.85. The minimum absolute atomic E-state index is 0.237. The molecule has 4 aromatic rings. The van der Waals surface area contributed by atoms with Crippen LogP contribution in [-0.2, 0) is 6.67 Å². The Kier molecular flexibility index (Phi) is 4.69. The number of aromatic nitrogens is 5. The normalized spacial score (nSPS) is 13.6. The van der Waals surface area contributed by atoms with Crippen LogP contribution in [0, 0.1) is 4.84 Å². The summed E-state index contributed by atoms with van der Waals surface area (Å²) in [7, 11) is 2.10. The number of furan rings is 1. The summed E-state index contributed by atoms with van der Waals surface area (Å²) in [6, 6.07) is 12.1. The average molecular weight is 383 g/mol. The van der Waals surface area contributed by atoms with Crippen LogP contribution in [0.1, 0.15) is 18.5 Å². The van der Waals surface area contributed by atoms with E-state index in [1.54, 1.807) is 34.1 Å². The van der Waals surface area contributed by atoms with Crippen LogP contribution in [0.2, 0.25) is 0 Å². The SMILES string of the molecule is C[C@H](c1ccc(-n2cncn2)cc1)[NH+](C)Cn1nc(-c2ccco2)oc1=S. The average Bonchev–Trinajstić information content (AvgIpc) is 3.44. The van der Waals surface area contributed by atoms with Crippen LogP contribution in [0.3, 0.4) is 0 Å². The van der Waals surface area contributed by atoms with Crippen molar-refractivity contribution < 1.29 is 13.7 Å². The number of hydrogen-bond donors (Lipinski definition) is 1. The van der Waals surface area contributed by atoms with E-state index >= 15 is 0 Å². The summed E-state index contributed by atoms with van der Waals surface area (Å²) in [6.07, 6.45) is 4.78. The fraction of sp³-hybridized carbons (Fsp3) is 0.222. The fourth-order valence-electron chi connectivity index (χ4n) is 2.82. The lowest BCUT2D eigenvalue weighted by Gasteiger charge is -2.21. The van der Waals surface area contributed by atoms with Gasteiger partial charge in [0.15, 0.2) is 12.4 Å². The lowest BCUT2D eigenvalue weighted by Crippen LogP contribution is -3.08. The van der Waals surface area contributed by atoms with Crippen LogP contribution in [0.25, 0.3) is 17.3 Å². The third-order valence-electron chi connectivity index (χ3n) is 4.55. The van der Waals surface area contributed by atoms with E-state index in [-0.39, 0.29) is 6.04 Å². The Morgan fingerprint density at radius 1 is 1.22 bits per heavy atom. The van der Waals surface area contributed by atoms with Gasteiger partial charge in [-0.25, -0.2) is 9.67 Å². The van der Waals surface area contributed by atoms with Crippen molar-refractivity contribution in [3.8, 4) is 17.3 Å². The molecule has 4 rings (SSSR count). The minimum atomic E-state index is 0.237. The third kappa shape index (κ3) is 3.60. The van der Waals surface area contributed by atoms with Crippen molar-refractivity contribution in [2.75, 3.05) is 7.05 Å². The lowest BCUT2D eigenvalue weighted by molar-refractivity contribution is -0.933. The van der Waals surface area contributed by atoms with Gasteiger partial charge in [-0.15, -0.1) is 5.10 Å². The van der Waals surface area contributed by atoms with Gasteiger partial charge in [0.25, 0.3) is 10.7 Å². The molecule has 3 aromatic heterocycles. The summed E-state index contributed by atoms with van der Waals surface area (Å²) < 4.78 is 14.3. The number of quaternary nitrogens is 1. The predicted octanol–water partition coefficient (Wildman–Crippen LogP) is 2.28. The molecule has 27 heavy (non-hydrogen) atoms. The van der Waals surface area contributed by atoms with Gasteiger partial charge in [-0.1, -0.05) is 12.1 Å². The Morgan fingerprint density at radius 3 is 2.70 bits per heavy atom. The van der Waals surface area contributed by atoms with Gasteiger partial charge in [0.1, 0.15) is 18.7 Å². The molecule has 3 heterocycles. The van der Waals surface area contributed by atoms with E-state index in [9.17, 15) is 0 Å². The summed E-state index contributed by atoms with van der Waals surface area (Å²) in [5.74, 6) is 0.955. The molecule has 0 radical (unpaired) electrons. The summed E-state index contributed by atoms with van der Waals surface area (Å²) in [5.41, 5.74) is 2.18. The highest BCUT2D eigenvalue weighted by molar-refractivity contribution is 7.71. The van der Waals surface area contributed by atoms with Crippen molar-refractivity contribution in [2.24, 2.45) is 0 Å². The molecule has 1 N–H and O–H groups in total. The predicted molar refractivity (Wildman–Crippen MR) is 99.7 cm³/mol. The molecule has 8 nitrogen and oxygen atoms in total. The zero-order valence-corrected chi connectivity index (χ0v) is 15.8. The quantitative estimate of drug-likeness (QED) is 0.515. The molecule has 138 valence electrons. The number of rotatable bonds is 6. The first kappa shape index (κ1) is 17.4. The minimum Gasteiger partial charge on any atom is -0.459 e. The molecule has 0 spiro atoms. The monoisotopic (exact) mass is 383 g/mol. The molecule has 1 aromatic carbocycles. The first-order valence-electron chi connectivity index (χ1n) is 8.51. The van der Waals surface area contributed by atoms with Crippen LogP contribution >= 0.6 is 12.2 Å². The molecule has 0 fully saturated rings. The Labute approximate surface area is 160 Å². The van der Waals surface area contributed by atoms with Crippen molar-refractivity contribution in [1.82, 2.24) is 24.5 Å². The molecule has 0 bridgehead atoms. The van der Waals surface area contributed by atoms with Crippen molar-refractivity contribution >= 4 is 12.2 Å². The maximum absolute atomic E-state index is 5.55. The van der Waals surface area contributed by atoms with Gasteiger partial charge < -0.3 is 13.7 Å². The Bertz CT molecular complexity index is 1050. The summed E-state index contributed by atoms with van der Waals surface area (Å²) in [6.45, 7) is 2.74. The number of hydrogen-bond acceptors (Lipinski definition) is 6.